The molecular formula is C15H23N3O3. The number of carbonyl (C=O) groups is 1. The number of imidazole rings is 1. The summed E-state index contributed by atoms with van der Waals surface area (Å²) < 4.78 is 10.9. The van der Waals surface area contributed by atoms with E-state index in [9.17, 15) is 4.79 Å². The van der Waals surface area contributed by atoms with Crippen molar-refractivity contribution in [2.45, 2.75) is 58.3 Å². The maximum absolute atomic E-state index is 12.1. The van der Waals surface area contributed by atoms with Crippen LogP contribution in [-0.2, 0) is 16.1 Å². The van der Waals surface area contributed by atoms with Gasteiger partial charge in [0.2, 0.25) is 0 Å². The molecule has 21 heavy (non-hydrogen) atoms. The largest absolute Gasteiger partial charge is 0.444 e. The Labute approximate surface area is 124 Å². The number of nitrogens with one attached hydrogen (secondary N) is 1. The summed E-state index contributed by atoms with van der Waals surface area (Å²) in [5.74, 6) is 1.23. The molecule has 2 aliphatic rings. The fraction of sp³-hybridized carbons (Fsp3) is 0.733. The van der Waals surface area contributed by atoms with Crippen LogP contribution in [0.15, 0.2) is 0 Å². The summed E-state index contributed by atoms with van der Waals surface area (Å²) in [4.78, 5) is 21.9. The van der Waals surface area contributed by atoms with Crippen molar-refractivity contribution >= 4 is 6.09 Å². The van der Waals surface area contributed by atoms with Gasteiger partial charge >= 0.3 is 6.09 Å². The third kappa shape index (κ3) is 2.90. The number of ether oxygens (including phenoxy) is 2. The van der Waals surface area contributed by atoms with Crippen molar-refractivity contribution < 1.29 is 14.3 Å². The summed E-state index contributed by atoms with van der Waals surface area (Å²) in [5.41, 5.74) is 1.64. The second-order valence-electron chi connectivity index (χ2n) is 6.85. The number of aromatic amines is 1. The van der Waals surface area contributed by atoms with E-state index in [1.165, 1.54) is 0 Å². The molecule has 0 aromatic carbocycles. The van der Waals surface area contributed by atoms with Crippen molar-refractivity contribution in [3.63, 3.8) is 0 Å². The number of rotatable bonds is 1. The monoisotopic (exact) mass is 293 g/mol. The number of aromatic nitrogens is 2. The first-order valence-corrected chi connectivity index (χ1v) is 7.51. The molecular weight excluding hydrogens is 270 g/mol. The standard InChI is InChI=1S/C15H23N3O3/c1-9-12-11(8-20-9)16-13(17-12)10-5-6-18(7-10)14(19)21-15(2,3)4/h9-10H,5-8H2,1-4H3,(H,16,17). The minimum Gasteiger partial charge on any atom is -0.444 e. The lowest BCUT2D eigenvalue weighted by atomic mass is 10.1. The molecule has 3 rings (SSSR count). The van der Waals surface area contributed by atoms with E-state index >= 15 is 0 Å². The summed E-state index contributed by atoms with van der Waals surface area (Å²) >= 11 is 0. The molecule has 0 bridgehead atoms. The van der Waals surface area contributed by atoms with Gasteiger partial charge in [-0.1, -0.05) is 0 Å². The van der Waals surface area contributed by atoms with Gasteiger partial charge in [-0.15, -0.1) is 0 Å². The topological polar surface area (TPSA) is 67.5 Å². The fourth-order valence-corrected chi connectivity index (χ4v) is 2.85. The van der Waals surface area contributed by atoms with Gasteiger partial charge in [0.1, 0.15) is 11.4 Å². The van der Waals surface area contributed by atoms with Crippen molar-refractivity contribution in [2.24, 2.45) is 0 Å². The number of H-pyrrole nitrogens is 1. The van der Waals surface area contributed by atoms with Gasteiger partial charge in [0.15, 0.2) is 0 Å². The lowest BCUT2D eigenvalue weighted by molar-refractivity contribution is 0.0292. The normalized spacial score (nSPS) is 25.2. The minimum absolute atomic E-state index is 0.0633. The minimum atomic E-state index is -0.451. The zero-order valence-electron chi connectivity index (χ0n) is 13.1. The van der Waals surface area contributed by atoms with Crippen LogP contribution in [0.3, 0.4) is 0 Å². The first-order valence-electron chi connectivity index (χ1n) is 7.51. The number of nitrogens with zero attached hydrogens (tertiary/aromatic N) is 2. The Hall–Kier alpha value is -1.56. The molecule has 0 saturated carbocycles. The average molecular weight is 293 g/mol. The van der Waals surface area contributed by atoms with E-state index < -0.39 is 5.60 Å². The summed E-state index contributed by atoms with van der Waals surface area (Å²) in [5, 5.41) is 0. The first-order chi connectivity index (χ1) is 9.83. The zero-order valence-corrected chi connectivity index (χ0v) is 13.1. The predicted molar refractivity (Wildman–Crippen MR) is 77.0 cm³/mol. The summed E-state index contributed by atoms with van der Waals surface area (Å²) in [6.45, 7) is 9.66. The van der Waals surface area contributed by atoms with E-state index in [0.717, 1.165) is 30.2 Å². The lowest BCUT2D eigenvalue weighted by Gasteiger charge is -2.24. The Bertz CT molecular complexity index is 547. The highest BCUT2D eigenvalue weighted by Gasteiger charge is 2.33. The quantitative estimate of drug-likeness (QED) is 0.864. The van der Waals surface area contributed by atoms with Crippen molar-refractivity contribution in [3.05, 3.63) is 17.2 Å². The maximum atomic E-state index is 12.1. The van der Waals surface area contributed by atoms with Crippen molar-refractivity contribution in [2.75, 3.05) is 13.1 Å². The molecule has 0 spiro atoms. The Morgan fingerprint density at radius 1 is 1.48 bits per heavy atom. The number of hydrogen-bond acceptors (Lipinski definition) is 4. The smallest absolute Gasteiger partial charge is 0.410 e. The van der Waals surface area contributed by atoms with E-state index in [1.807, 2.05) is 27.7 Å². The molecule has 3 heterocycles. The van der Waals surface area contributed by atoms with Gasteiger partial charge in [-0.3, -0.25) is 0 Å². The molecule has 2 unspecified atom stereocenters. The molecule has 1 aromatic rings. The van der Waals surface area contributed by atoms with Crippen LogP contribution >= 0.6 is 0 Å². The van der Waals surface area contributed by atoms with Crippen molar-refractivity contribution in [1.82, 2.24) is 14.9 Å². The van der Waals surface area contributed by atoms with Gasteiger partial charge in [0.05, 0.1) is 24.1 Å². The highest BCUT2D eigenvalue weighted by Crippen LogP contribution is 2.32. The van der Waals surface area contributed by atoms with Crippen LogP contribution in [0.1, 0.15) is 63.3 Å². The predicted octanol–water partition coefficient (Wildman–Crippen LogP) is 2.73. The van der Waals surface area contributed by atoms with Gasteiger partial charge in [0, 0.05) is 19.0 Å². The zero-order chi connectivity index (χ0) is 15.2. The second kappa shape index (κ2) is 5.02. The summed E-state index contributed by atoms with van der Waals surface area (Å²) in [6.07, 6.45) is 0.745. The van der Waals surface area contributed by atoms with E-state index in [0.29, 0.717) is 13.2 Å². The van der Waals surface area contributed by atoms with Gasteiger partial charge in [0.25, 0.3) is 0 Å². The van der Waals surface area contributed by atoms with Crippen LogP contribution in [0.4, 0.5) is 4.79 Å². The van der Waals surface area contributed by atoms with E-state index in [1.54, 1.807) is 4.90 Å². The van der Waals surface area contributed by atoms with E-state index in [4.69, 9.17) is 9.47 Å². The summed E-state index contributed by atoms with van der Waals surface area (Å²) in [6, 6.07) is 0. The molecule has 2 atom stereocenters. The molecule has 0 radical (unpaired) electrons. The van der Waals surface area contributed by atoms with Crippen LogP contribution in [0.25, 0.3) is 0 Å². The van der Waals surface area contributed by atoms with Crippen LogP contribution < -0.4 is 0 Å². The van der Waals surface area contributed by atoms with E-state index in [2.05, 4.69) is 9.97 Å². The van der Waals surface area contributed by atoms with Crippen molar-refractivity contribution in [1.29, 1.82) is 0 Å². The molecule has 116 valence electrons. The number of fused-ring (bicyclic) bond motifs is 1. The molecule has 1 saturated heterocycles. The number of likely N-dealkylation sites (tertiary alicyclic amines) is 1. The van der Waals surface area contributed by atoms with Gasteiger partial charge in [-0.25, -0.2) is 9.78 Å². The molecule has 1 fully saturated rings. The Morgan fingerprint density at radius 3 is 2.90 bits per heavy atom. The Balaban J connectivity index is 1.65. The molecule has 1 N–H and O–H groups in total. The van der Waals surface area contributed by atoms with Crippen LogP contribution in [0, 0.1) is 0 Å². The second-order valence-corrected chi connectivity index (χ2v) is 6.85. The van der Waals surface area contributed by atoms with Crippen molar-refractivity contribution in [3.8, 4) is 0 Å². The number of hydrogen-bond donors (Lipinski definition) is 1. The van der Waals surface area contributed by atoms with Crippen LogP contribution in [0.5, 0.6) is 0 Å². The molecule has 1 amide bonds. The molecule has 0 aliphatic carbocycles. The average Bonchev–Trinajstić information content (AvgIpc) is 3.04. The third-order valence-electron chi connectivity index (χ3n) is 3.92. The summed E-state index contributed by atoms with van der Waals surface area (Å²) in [7, 11) is 0. The Morgan fingerprint density at radius 2 is 2.24 bits per heavy atom. The van der Waals surface area contributed by atoms with Gasteiger partial charge < -0.3 is 19.4 Å². The van der Waals surface area contributed by atoms with Crippen LogP contribution in [-0.4, -0.2) is 39.7 Å². The first kappa shape index (κ1) is 14.4. The van der Waals surface area contributed by atoms with E-state index in [-0.39, 0.29) is 18.1 Å². The molecule has 2 aliphatic heterocycles. The Kier molecular flexibility index (Phi) is 3.43. The molecule has 6 nitrogen and oxygen atoms in total. The SMILES string of the molecule is CC1OCc2[nH]c(C3CCN(C(=O)OC(C)(C)C)C3)nc21. The lowest BCUT2D eigenvalue weighted by Crippen LogP contribution is -2.35. The van der Waals surface area contributed by atoms with Gasteiger partial charge in [-0.2, -0.15) is 0 Å². The highest BCUT2D eigenvalue weighted by molar-refractivity contribution is 5.68. The maximum Gasteiger partial charge on any atom is 0.410 e. The number of carbonyl (C=O) groups excluding carboxylic acids is 1. The number of amides is 1. The third-order valence-corrected chi connectivity index (χ3v) is 3.92. The molecule has 1 aromatic heterocycles. The highest BCUT2D eigenvalue weighted by atomic mass is 16.6. The van der Waals surface area contributed by atoms with Crippen LogP contribution in [0.2, 0.25) is 0 Å². The fourth-order valence-electron chi connectivity index (χ4n) is 2.85. The molecule has 6 heteroatoms. The van der Waals surface area contributed by atoms with Gasteiger partial charge in [-0.05, 0) is 34.1 Å².